The van der Waals surface area contributed by atoms with Crippen molar-refractivity contribution in [3.05, 3.63) is 42.1 Å². The average molecular weight is 388 g/mol. The van der Waals surface area contributed by atoms with Gasteiger partial charge in [-0.3, -0.25) is 9.88 Å². The van der Waals surface area contributed by atoms with Crippen molar-refractivity contribution in [1.29, 1.82) is 0 Å². The number of cyclic esters (lactones) is 1. The molecule has 0 aliphatic carbocycles. The number of aliphatic hydroxyl groups excluding tert-OH is 1. The van der Waals surface area contributed by atoms with Gasteiger partial charge in [0.2, 0.25) is 5.82 Å². The van der Waals surface area contributed by atoms with Crippen molar-refractivity contribution in [3.8, 4) is 22.6 Å². The molecule has 1 aliphatic heterocycles. The number of carbonyl (C=O) groups excluding carboxylic acids is 1. The number of halogens is 2. The molecule has 1 unspecified atom stereocenters. The van der Waals surface area contributed by atoms with Gasteiger partial charge in [0.25, 0.3) is 0 Å². The largest absolute Gasteiger partial charge is 0.441 e. The highest BCUT2D eigenvalue weighted by Crippen LogP contribution is 2.32. The van der Waals surface area contributed by atoms with E-state index < -0.39 is 23.8 Å². The van der Waals surface area contributed by atoms with Crippen molar-refractivity contribution in [2.75, 3.05) is 18.1 Å². The molecule has 0 radical (unpaired) electrons. The van der Waals surface area contributed by atoms with Gasteiger partial charge in [-0.25, -0.2) is 13.6 Å². The third-order valence-corrected chi connectivity index (χ3v) is 4.21. The van der Waals surface area contributed by atoms with Gasteiger partial charge in [0.1, 0.15) is 23.4 Å². The van der Waals surface area contributed by atoms with E-state index in [1.54, 1.807) is 7.05 Å². The SMILES string of the molecule is Cn1nnc(-c2ccc(-c3c(F)cc(N4CC(CO)OC4=O)cc3F)cn2)n1. The molecule has 1 fully saturated rings. The van der Waals surface area contributed by atoms with E-state index in [9.17, 15) is 13.6 Å². The molecule has 1 atom stereocenters. The summed E-state index contributed by atoms with van der Waals surface area (Å²) in [5.41, 5.74) is 0.352. The van der Waals surface area contributed by atoms with Crippen molar-refractivity contribution in [2.45, 2.75) is 6.10 Å². The molecule has 1 aromatic carbocycles. The number of aromatic nitrogens is 5. The molecule has 2 aromatic heterocycles. The van der Waals surface area contributed by atoms with Crippen molar-refractivity contribution in [2.24, 2.45) is 7.05 Å². The summed E-state index contributed by atoms with van der Waals surface area (Å²) < 4.78 is 34.2. The maximum absolute atomic E-state index is 14.6. The lowest BCUT2D eigenvalue weighted by Crippen LogP contribution is -2.25. The van der Waals surface area contributed by atoms with Gasteiger partial charge in [-0.15, -0.1) is 10.2 Å². The molecule has 1 amide bonds. The Bertz CT molecular complexity index is 1020. The van der Waals surface area contributed by atoms with E-state index in [1.165, 1.54) is 23.1 Å². The Morgan fingerprint density at radius 3 is 2.57 bits per heavy atom. The highest BCUT2D eigenvalue weighted by atomic mass is 19.1. The van der Waals surface area contributed by atoms with Gasteiger partial charge in [0.05, 0.1) is 31.5 Å². The first-order valence-electron chi connectivity index (χ1n) is 8.25. The molecule has 0 bridgehead atoms. The molecule has 28 heavy (non-hydrogen) atoms. The summed E-state index contributed by atoms with van der Waals surface area (Å²) in [5, 5.41) is 20.6. The summed E-state index contributed by atoms with van der Waals surface area (Å²) in [7, 11) is 1.61. The molecular formula is C17H14F2N6O3. The van der Waals surface area contributed by atoms with Gasteiger partial charge in [-0.2, -0.15) is 4.80 Å². The standard InChI is InChI=1S/C17H14F2N6O3/c1-24-22-16(21-23-24)14-3-2-9(6-20-14)15-12(18)4-10(5-13(15)19)25-7-11(8-26)28-17(25)27/h2-6,11,26H,7-8H2,1H3. The van der Waals surface area contributed by atoms with Crippen LogP contribution < -0.4 is 4.90 Å². The fourth-order valence-corrected chi connectivity index (χ4v) is 2.88. The molecule has 1 saturated heterocycles. The van der Waals surface area contributed by atoms with Gasteiger partial charge in [0.15, 0.2) is 0 Å². The molecule has 1 aliphatic rings. The zero-order valence-electron chi connectivity index (χ0n) is 14.6. The highest BCUT2D eigenvalue weighted by molar-refractivity contribution is 5.90. The molecule has 11 heteroatoms. The van der Waals surface area contributed by atoms with Crippen LogP contribution >= 0.6 is 0 Å². The number of hydrogen-bond acceptors (Lipinski definition) is 7. The zero-order valence-corrected chi connectivity index (χ0v) is 14.6. The first-order valence-corrected chi connectivity index (χ1v) is 8.25. The van der Waals surface area contributed by atoms with Gasteiger partial charge >= 0.3 is 6.09 Å². The topological polar surface area (TPSA) is 106 Å². The summed E-state index contributed by atoms with van der Waals surface area (Å²) >= 11 is 0. The summed E-state index contributed by atoms with van der Waals surface area (Å²) in [6, 6.07) is 5.10. The first-order chi connectivity index (χ1) is 13.5. The monoisotopic (exact) mass is 388 g/mol. The van der Waals surface area contributed by atoms with Crippen LogP contribution in [0.2, 0.25) is 0 Å². The Balaban J connectivity index is 1.64. The fourth-order valence-electron chi connectivity index (χ4n) is 2.88. The van der Waals surface area contributed by atoms with Crippen LogP contribution in [0.1, 0.15) is 0 Å². The van der Waals surface area contributed by atoms with Crippen molar-refractivity contribution >= 4 is 11.8 Å². The van der Waals surface area contributed by atoms with Crippen LogP contribution in [-0.4, -0.2) is 55.6 Å². The van der Waals surface area contributed by atoms with Crippen LogP contribution in [0.3, 0.4) is 0 Å². The number of aliphatic hydroxyl groups is 1. The number of ether oxygens (including phenoxy) is 1. The predicted molar refractivity (Wildman–Crippen MR) is 92.1 cm³/mol. The smallest absolute Gasteiger partial charge is 0.414 e. The lowest BCUT2D eigenvalue weighted by atomic mass is 10.0. The molecule has 3 heterocycles. The lowest BCUT2D eigenvalue weighted by molar-refractivity contribution is 0.0963. The number of pyridine rings is 1. The molecule has 3 aromatic rings. The summed E-state index contributed by atoms with van der Waals surface area (Å²) in [5.74, 6) is -1.43. The van der Waals surface area contributed by atoms with Gasteiger partial charge in [-0.1, -0.05) is 6.07 Å². The van der Waals surface area contributed by atoms with Crippen LogP contribution in [0.5, 0.6) is 0 Å². The summed E-state index contributed by atoms with van der Waals surface area (Å²) in [6.07, 6.45) is -0.198. The molecule has 0 spiro atoms. The van der Waals surface area contributed by atoms with Crippen LogP contribution in [0.15, 0.2) is 30.5 Å². The number of nitrogens with zero attached hydrogens (tertiary/aromatic N) is 6. The number of aryl methyl sites for hydroxylation is 1. The number of carbonyl (C=O) groups is 1. The molecule has 1 N–H and O–H groups in total. The van der Waals surface area contributed by atoms with Crippen molar-refractivity contribution in [3.63, 3.8) is 0 Å². The average Bonchev–Trinajstić information content (AvgIpc) is 3.27. The molecular weight excluding hydrogens is 374 g/mol. The lowest BCUT2D eigenvalue weighted by Gasteiger charge is -2.15. The Labute approximate surface area is 157 Å². The molecule has 9 nitrogen and oxygen atoms in total. The maximum Gasteiger partial charge on any atom is 0.414 e. The van der Waals surface area contributed by atoms with E-state index in [0.717, 1.165) is 17.0 Å². The Kier molecular flexibility index (Phi) is 4.43. The van der Waals surface area contributed by atoms with Gasteiger partial charge in [0, 0.05) is 11.8 Å². The first kappa shape index (κ1) is 17.9. The number of benzene rings is 1. The van der Waals surface area contributed by atoms with E-state index in [1.807, 2.05) is 0 Å². The third kappa shape index (κ3) is 3.16. The van der Waals surface area contributed by atoms with Crippen LogP contribution in [-0.2, 0) is 11.8 Å². The normalized spacial score (nSPS) is 16.5. The van der Waals surface area contributed by atoms with E-state index in [-0.39, 0.29) is 35.8 Å². The predicted octanol–water partition coefficient (Wildman–Crippen LogP) is 1.53. The second kappa shape index (κ2) is 6.93. The fraction of sp³-hybridized carbons (Fsp3) is 0.235. The Morgan fingerprint density at radius 1 is 1.29 bits per heavy atom. The minimum absolute atomic E-state index is 0.00744. The van der Waals surface area contributed by atoms with E-state index in [2.05, 4.69) is 20.4 Å². The van der Waals surface area contributed by atoms with Crippen LogP contribution in [0, 0.1) is 11.6 Å². The second-order valence-corrected chi connectivity index (χ2v) is 6.12. The second-order valence-electron chi connectivity index (χ2n) is 6.12. The summed E-state index contributed by atoms with van der Waals surface area (Å²) in [4.78, 5) is 18.3. The maximum atomic E-state index is 14.6. The minimum Gasteiger partial charge on any atom is -0.441 e. The Hall–Kier alpha value is -3.47. The zero-order chi connectivity index (χ0) is 19.8. The van der Waals surface area contributed by atoms with Crippen molar-refractivity contribution in [1.82, 2.24) is 25.2 Å². The van der Waals surface area contributed by atoms with E-state index in [0.29, 0.717) is 5.69 Å². The molecule has 4 rings (SSSR count). The van der Waals surface area contributed by atoms with Gasteiger partial charge < -0.3 is 9.84 Å². The molecule has 144 valence electrons. The van der Waals surface area contributed by atoms with Crippen LogP contribution in [0.25, 0.3) is 22.6 Å². The van der Waals surface area contributed by atoms with Gasteiger partial charge in [-0.05, 0) is 23.4 Å². The van der Waals surface area contributed by atoms with Crippen molar-refractivity contribution < 1.29 is 23.4 Å². The van der Waals surface area contributed by atoms with E-state index >= 15 is 0 Å². The quantitative estimate of drug-likeness (QED) is 0.722. The highest BCUT2D eigenvalue weighted by Gasteiger charge is 2.33. The van der Waals surface area contributed by atoms with E-state index in [4.69, 9.17) is 9.84 Å². The third-order valence-electron chi connectivity index (χ3n) is 4.21. The number of hydrogen-bond donors (Lipinski definition) is 1. The minimum atomic E-state index is -0.859. The number of tetrazole rings is 1. The molecule has 0 saturated carbocycles. The van der Waals surface area contributed by atoms with Crippen LogP contribution in [0.4, 0.5) is 19.3 Å². The number of anilines is 1. The Morgan fingerprint density at radius 2 is 2.04 bits per heavy atom. The number of amides is 1. The summed E-state index contributed by atoms with van der Waals surface area (Å²) in [6.45, 7) is -0.362. The number of rotatable bonds is 4.